The van der Waals surface area contributed by atoms with Crippen LogP contribution in [0.4, 0.5) is 4.39 Å². The van der Waals surface area contributed by atoms with Crippen LogP contribution in [0.1, 0.15) is 30.9 Å². The molecule has 70 valence electrons. The van der Waals surface area contributed by atoms with Gasteiger partial charge >= 0.3 is 0 Å². The summed E-state index contributed by atoms with van der Waals surface area (Å²) in [5.41, 5.74) is 2.28. The van der Waals surface area contributed by atoms with Gasteiger partial charge in [0.2, 0.25) is 0 Å². The topological polar surface area (TPSA) is 9.23 Å². The Labute approximate surface area is 77.5 Å². The molecule has 0 aromatic heterocycles. The molecule has 1 aromatic rings. The van der Waals surface area contributed by atoms with Gasteiger partial charge in [0, 0.05) is 18.1 Å². The van der Waals surface area contributed by atoms with Crippen molar-refractivity contribution < 1.29 is 9.13 Å². The SMILES string of the molecule is CC(C)c1cc(F)cc2c1CCO2. The minimum Gasteiger partial charge on any atom is -0.493 e. The monoisotopic (exact) mass is 180 g/mol. The summed E-state index contributed by atoms with van der Waals surface area (Å²) in [6, 6.07) is 3.10. The predicted molar refractivity (Wildman–Crippen MR) is 49.7 cm³/mol. The van der Waals surface area contributed by atoms with Crippen LogP contribution >= 0.6 is 0 Å². The highest BCUT2D eigenvalue weighted by atomic mass is 19.1. The van der Waals surface area contributed by atoms with Gasteiger partial charge in [-0.15, -0.1) is 0 Å². The number of halogens is 1. The molecule has 0 spiro atoms. The fraction of sp³-hybridized carbons (Fsp3) is 0.455. The molecular formula is C11H13FO. The van der Waals surface area contributed by atoms with E-state index in [0.29, 0.717) is 12.5 Å². The summed E-state index contributed by atoms with van der Waals surface area (Å²) in [5, 5.41) is 0. The number of rotatable bonds is 1. The van der Waals surface area contributed by atoms with Crippen molar-refractivity contribution in [2.24, 2.45) is 0 Å². The van der Waals surface area contributed by atoms with Crippen LogP contribution < -0.4 is 4.74 Å². The average molecular weight is 180 g/mol. The molecule has 1 heterocycles. The van der Waals surface area contributed by atoms with E-state index in [9.17, 15) is 4.39 Å². The molecule has 0 aliphatic carbocycles. The lowest BCUT2D eigenvalue weighted by Gasteiger charge is -2.10. The van der Waals surface area contributed by atoms with Crippen molar-refractivity contribution in [2.45, 2.75) is 26.2 Å². The van der Waals surface area contributed by atoms with Gasteiger partial charge < -0.3 is 4.74 Å². The lowest BCUT2D eigenvalue weighted by Crippen LogP contribution is -1.94. The van der Waals surface area contributed by atoms with E-state index in [1.54, 1.807) is 6.07 Å². The van der Waals surface area contributed by atoms with Gasteiger partial charge in [0.15, 0.2) is 0 Å². The number of fused-ring (bicyclic) bond motifs is 1. The van der Waals surface area contributed by atoms with E-state index in [-0.39, 0.29) is 5.82 Å². The highest BCUT2D eigenvalue weighted by Crippen LogP contribution is 2.33. The minimum atomic E-state index is -0.190. The molecule has 0 N–H and O–H groups in total. The van der Waals surface area contributed by atoms with Crippen LogP contribution in [0.2, 0.25) is 0 Å². The van der Waals surface area contributed by atoms with E-state index in [2.05, 4.69) is 13.8 Å². The van der Waals surface area contributed by atoms with Gasteiger partial charge in [0.25, 0.3) is 0 Å². The summed E-state index contributed by atoms with van der Waals surface area (Å²) in [6.07, 6.45) is 0.920. The zero-order chi connectivity index (χ0) is 9.42. The van der Waals surface area contributed by atoms with Crippen molar-refractivity contribution in [3.63, 3.8) is 0 Å². The van der Waals surface area contributed by atoms with Gasteiger partial charge in [-0.3, -0.25) is 0 Å². The van der Waals surface area contributed by atoms with Gasteiger partial charge in [-0.2, -0.15) is 0 Å². The van der Waals surface area contributed by atoms with Gasteiger partial charge in [0.1, 0.15) is 11.6 Å². The third-order valence-corrected chi connectivity index (χ3v) is 2.44. The molecule has 1 aromatic carbocycles. The fourth-order valence-electron chi connectivity index (χ4n) is 1.81. The molecule has 1 aliphatic rings. The predicted octanol–water partition coefficient (Wildman–Crippen LogP) is 2.88. The Balaban J connectivity index is 2.55. The van der Waals surface area contributed by atoms with Gasteiger partial charge in [-0.1, -0.05) is 13.8 Å². The highest BCUT2D eigenvalue weighted by molar-refractivity contribution is 5.44. The van der Waals surface area contributed by atoms with Crippen molar-refractivity contribution in [1.29, 1.82) is 0 Å². The number of hydrogen-bond donors (Lipinski definition) is 0. The Morgan fingerprint density at radius 3 is 2.85 bits per heavy atom. The maximum Gasteiger partial charge on any atom is 0.127 e. The average Bonchev–Trinajstić information content (AvgIpc) is 2.49. The number of ether oxygens (including phenoxy) is 1. The summed E-state index contributed by atoms with van der Waals surface area (Å²) in [5.74, 6) is 0.916. The van der Waals surface area contributed by atoms with E-state index in [1.807, 2.05) is 0 Å². The zero-order valence-corrected chi connectivity index (χ0v) is 7.93. The first-order valence-electron chi connectivity index (χ1n) is 4.63. The summed E-state index contributed by atoms with van der Waals surface area (Å²) >= 11 is 0. The molecule has 0 saturated heterocycles. The molecule has 0 atom stereocenters. The van der Waals surface area contributed by atoms with Crippen molar-refractivity contribution in [2.75, 3.05) is 6.61 Å². The molecule has 0 radical (unpaired) electrons. The van der Waals surface area contributed by atoms with Crippen LogP contribution in [0.15, 0.2) is 12.1 Å². The van der Waals surface area contributed by atoms with Crippen LogP contribution in [-0.2, 0) is 6.42 Å². The normalized spacial score (nSPS) is 14.5. The minimum absolute atomic E-state index is 0.190. The molecular weight excluding hydrogens is 167 g/mol. The molecule has 0 fully saturated rings. The number of benzene rings is 1. The molecule has 1 nitrogen and oxygen atoms in total. The maximum absolute atomic E-state index is 13.1. The van der Waals surface area contributed by atoms with E-state index in [4.69, 9.17) is 4.74 Å². The molecule has 0 bridgehead atoms. The second-order valence-electron chi connectivity index (χ2n) is 3.72. The zero-order valence-electron chi connectivity index (χ0n) is 7.93. The van der Waals surface area contributed by atoms with E-state index in [1.165, 1.54) is 11.6 Å². The van der Waals surface area contributed by atoms with Crippen LogP contribution in [0.5, 0.6) is 5.75 Å². The van der Waals surface area contributed by atoms with Crippen molar-refractivity contribution in [3.8, 4) is 5.75 Å². The third kappa shape index (κ3) is 1.41. The highest BCUT2D eigenvalue weighted by Gasteiger charge is 2.19. The molecule has 2 heteroatoms. The summed E-state index contributed by atoms with van der Waals surface area (Å²) in [6.45, 7) is 4.85. The van der Waals surface area contributed by atoms with Gasteiger partial charge in [-0.25, -0.2) is 4.39 Å². The van der Waals surface area contributed by atoms with Crippen LogP contribution in [-0.4, -0.2) is 6.61 Å². The van der Waals surface area contributed by atoms with Gasteiger partial charge in [0.05, 0.1) is 6.61 Å². The van der Waals surface area contributed by atoms with Crippen LogP contribution in [0, 0.1) is 5.82 Å². The van der Waals surface area contributed by atoms with Crippen LogP contribution in [0.3, 0.4) is 0 Å². The molecule has 0 saturated carbocycles. The molecule has 2 rings (SSSR count). The Hall–Kier alpha value is -1.05. The molecule has 13 heavy (non-hydrogen) atoms. The Morgan fingerprint density at radius 2 is 2.15 bits per heavy atom. The maximum atomic E-state index is 13.1. The molecule has 0 amide bonds. The first-order valence-corrected chi connectivity index (χ1v) is 4.63. The third-order valence-electron chi connectivity index (χ3n) is 2.44. The van der Waals surface area contributed by atoms with E-state index in [0.717, 1.165) is 17.7 Å². The van der Waals surface area contributed by atoms with E-state index >= 15 is 0 Å². The Bertz CT molecular complexity index is 331. The lowest BCUT2D eigenvalue weighted by molar-refractivity contribution is 0.355. The first kappa shape index (κ1) is 8.54. The first-order chi connectivity index (χ1) is 6.18. The quantitative estimate of drug-likeness (QED) is 0.645. The van der Waals surface area contributed by atoms with Crippen LogP contribution in [0.25, 0.3) is 0 Å². The summed E-state index contributed by atoms with van der Waals surface area (Å²) < 4.78 is 18.4. The fourth-order valence-corrected chi connectivity index (χ4v) is 1.81. The Morgan fingerprint density at radius 1 is 1.38 bits per heavy atom. The lowest BCUT2D eigenvalue weighted by atomic mass is 9.95. The molecule has 1 aliphatic heterocycles. The summed E-state index contributed by atoms with van der Waals surface area (Å²) in [4.78, 5) is 0. The van der Waals surface area contributed by atoms with Crippen molar-refractivity contribution in [1.82, 2.24) is 0 Å². The van der Waals surface area contributed by atoms with E-state index < -0.39 is 0 Å². The number of hydrogen-bond acceptors (Lipinski definition) is 1. The molecule has 0 unspecified atom stereocenters. The van der Waals surface area contributed by atoms with Crippen molar-refractivity contribution >= 4 is 0 Å². The Kier molecular flexibility index (Phi) is 1.98. The largest absolute Gasteiger partial charge is 0.493 e. The van der Waals surface area contributed by atoms with Gasteiger partial charge in [-0.05, 0) is 17.5 Å². The smallest absolute Gasteiger partial charge is 0.127 e. The second kappa shape index (κ2) is 3.02. The second-order valence-corrected chi connectivity index (χ2v) is 3.72. The van der Waals surface area contributed by atoms with Crippen molar-refractivity contribution in [3.05, 3.63) is 29.1 Å². The standard InChI is InChI=1S/C11H13FO/c1-7(2)10-5-8(12)6-11-9(10)3-4-13-11/h5-7H,3-4H2,1-2H3. The summed E-state index contributed by atoms with van der Waals surface area (Å²) in [7, 11) is 0.